The zero-order chi connectivity index (χ0) is 11.8. The number of rotatable bonds is 0. The predicted molar refractivity (Wildman–Crippen MR) is 60.8 cm³/mol. The third-order valence-corrected chi connectivity index (χ3v) is 3.03. The molecule has 1 N–H and O–H groups in total. The molecule has 0 aromatic rings. The molecule has 2 aliphatic rings. The Labute approximate surface area is 96.6 Å². The highest BCUT2D eigenvalue weighted by Gasteiger charge is 2.13. The third-order valence-electron chi connectivity index (χ3n) is 3.03. The maximum absolute atomic E-state index is 10.7. The molecule has 1 aliphatic heterocycles. The molecular weight excluding hydrogens is 206 g/mol. The summed E-state index contributed by atoms with van der Waals surface area (Å²) in [7, 11) is 0. The molecule has 92 valence electrons. The van der Waals surface area contributed by atoms with E-state index in [0.29, 0.717) is 18.7 Å². The minimum Gasteiger partial charge on any atom is -0.627 e. The van der Waals surface area contributed by atoms with Crippen LogP contribution in [0.3, 0.4) is 0 Å². The Kier molecular flexibility index (Phi) is 6.26. The van der Waals surface area contributed by atoms with E-state index in [1.54, 1.807) is 0 Å². The van der Waals surface area contributed by atoms with Gasteiger partial charge in [0.25, 0.3) is 0 Å². The van der Waals surface area contributed by atoms with Crippen LogP contribution in [0.15, 0.2) is 0 Å². The summed E-state index contributed by atoms with van der Waals surface area (Å²) in [6, 6.07) is 0. The van der Waals surface area contributed by atoms with E-state index in [2.05, 4.69) is 0 Å². The Morgan fingerprint density at radius 1 is 0.812 bits per heavy atom. The number of hydrogen-bond acceptors (Lipinski definition) is 3. The van der Waals surface area contributed by atoms with E-state index in [9.17, 15) is 14.8 Å². The van der Waals surface area contributed by atoms with Gasteiger partial charge in [-0.3, -0.25) is 4.79 Å². The second-order valence-electron chi connectivity index (χ2n) is 4.51. The van der Waals surface area contributed by atoms with Gasteiger partial charge >= 0.3 is 5.91 Å². The second-order valence-corrected chi connectivity index (χ2v) is 4.51. The fourth-order valence-corrected chi connectivity index (χ4v) is 1.97. The van der Waals surface area contributed by atoms with E-state index < -0.39 is 0 Å². The lowest BCUT2D eigenvalue weighted by molar-refractivity contribution is -0.764. The molecule has 1 heterocycles. The van der Waals surface area contributed by atoms with Gasteiger partial charge in [0, 0.05) is 12.8 Å². The van der Waals surface area contributed by atoms with Crippen molar-refractivity contribution in [2.24, 2.45) is 0 Å². The zero-order valence-electron chi connectivity index (χ0n) is 9.80. The summed E-state index contributed by atoms with van der Waals surface area (Å²) in [5, 5.41) is 10.5. The van der Waals surface area contributed by atoms with Gasteiger partial charge in [0.2, 0.25) is 0 Å². The molecular formula is C12H21NO3. The van der Waals surface area contributed by atoms with E-state index in [1.165, 1.54) is 6.42 Å². The Morgan fingerprint density at radius 2 is 1.38 bits per heavy atom. The van der Waals surface area contributed by atoms with Gasteiger partial charge in [0.15, 0.2) is 0 Å². The van der Waals surface area contributed by atoms with E-state index in [1.807, 2.05) is 0 Å². The van der Waals surface area contributed by atoms with Crippen LogP contribution in [-0.4, -0.2) is 18.2 Å². The van der Waals surface area contributed by atoms with Crippen molar-refractivity contribution >= 4 is 11.7 Å². The first-order chi connectivity index (χ1) is 7.70. The van der Waals surface area contributed by atoms with Gasteiger partial charge in [-0.05, 0) is 32.1 Å². The van der Waals surface area contributed by atoms with E-state index in [0.717, 1.165) is 44.9 Å². The Morgan fingerprint density at radius 3 is 1.94 bits per heavy atom. The van der Waals surface area contributed by atoms with Crippen LogP contribution in [0.4, 0.5) is 0 Å². The van der Waals surface area contributed by atoms with Crippen LogP contribution in [0.1, 0.15) is 57.8 Å². The highest BCUT2D eigenvalue weighted by molar-refractivity contribution is 5.78. The standard InChI is InChI=1S/C6H11NO2.C6H10O/c8-6-4-2-1-3-5-7(6)9;7-6-4-2-1-3-5-6/h7H,1-5H2;1-5H2. The first-order valence-corrected chi connectivity index (χ1v) is 6.28. The minimum atomic E-state index is -0.160. The maximum Gasteiger partial charge on any atom is 0.312 e. The second kappa shape index (κ2) is 7.52. The summed E-state index contributed by atoms with van der Waals surface area (Å²) in [6.45, 7) is 0.485. The number of quaternary nitrogens is 1. The molecule has 0 aromatic heterocycles. The van der Waals surface area contributed by atoms with Crippen molar-refractivity contribution in [2.45, 2.75) is 57.8 Å². The molecule has 1 saturated carbocycles. The monoisotopic (exact) mass is 227 g/mol. The first-order valence-electron chi connectivity index (χ1n) is 6.28. The highest BCUT2D eigenvalue weighted by Crippen LogP contribution is 2.12. The van der Waals surface area contributed by atoms with Crippen molar-refractivity contribution in [3.63, 3.8) is 0 Å². The van der Waals surface area contributed by atoms with E-state index >= 15 is 0 Å². The summed E-state index contributed by atoms with van der Waals surface area (Å²) >= 11 is 0. The predicted octanol–water partition coefficient (Wildman–Crippen LogP) is 0.989. The molecule has 4 nitrogen and oxygen atoms in total. The quantitative estimate of drug-likeness (QED) is 0.628. The van der Waals surface area contributed by atoms with Crippen LogP contribution in [0.25, 0.3) is 0 Å². The average molecular weight is 227 g/mol. The van der Waals surface area contributed by atoms with E-state index in [4.69, 9.17) is 0 Å². The number of nitrogens with one attached hydrogen (secondary N) is 1. The van der Waals surface area contributed by atoms with Crippen molar-refractivity contribution < 1.29 is 14.7 Å². The largest absolute Gasteiger partial charge is 0.627 e. The van der Waals surface area contributed by atoms with Gasteiger partial charge in [-0.2, -0.15) is 0 Å². The fourth-order valence-electron chi connectivity index (χ4n) is 1.97. The lowest BCUT2D eigenvalue weighted by Gasteiger charge is -2.15. The Hall–Kier alpha value is -0.740. The zero-order valence-corrected chi connectivity index (χ0v) is 9.80. The molecule has 1 amide bonds. The number of carbonyl (C=O) groups is 2. The van der Waals surface area contributed by atoms with Gasteiger partial charge in [-0.1, -0.05) is 6.42 Å². The Balaban J connectivity index is 0.000000165. The van der Waals surface area contributed by atoms with Crippen LogP contribution in [-0.2, 0) is 9.59 Å². The van der Waals surface area contributed by atoms with Crippen molar-refractivity contribution in [2.75, 3.05) is 6.54 Å². The van der Waals surface area contributed by atoms with Crippen LogP contribution < -0.4 is 5.06 Å². The number of carbonyl (C=O) groups excluding carboxylic acids is 2. The summed E-state index contributed by atoms with van der Waals surface area (Å²) in [6.07, 6.45) is 8.58. The third kappa shape index (κ3) is 5.37. The highest BCUT2D eigenvalue weighted by atomic mass is 16.5. The lowest BCUT2D eigenvalue weighted by atomic mass is 10.00. The molecule has 0 aromatic carbocycles. The molecule has 4 heteroatoms. The summed E-state index contributed by atoms with van der Waals surface area (Å²) in [4.78, 5) is 21.1. The minimum absolute atomic E-state index is 0.160. The molecule has 0 bridgehead atoms. The Bertz CT molecular complexity index is 232. The van der Waals surface area contributed by atoms with Crippen molar-refractivity contribution in [1.29, 1.82) is 0 Å². The summed E-state index contributed by atoms with van der Waals surface area (Å²) < 4.78 is 0. The molecule has 2 fully saturated rings. The molecule has 1 saturated heterocycles. The van der Waals surface area contributed by atoms with Gasteiger partial charge in [0.05, 0.1) is 13.0 Å². The maximum atomic E-state index is 10.7. The van der Waals surface area contributed by atoms with Crippen LogP contribution in [0.2, 0.25) is 0 Å². The van der Waals surface area contributed by atoms with Crippen LogP contribution in [0.5, 0.6) is 0 Å². The number of Topliss-reactive ketones (excluding diaryl/α,β-unsaturated/α-hetero) is 1. The van der Waals surface area contributed by atoms with Crippen LogP contribution >= 0.6 is 0 Å². The first kappa shape index (κ1) is 13.3. The number of hydroxylamine groups is 2. The molecule has 1 atom stereocenters. The smallest absolute Gasteiger partial charge is 0.312 e. The molecule has 2 rings (SSSR count). The molecule has 16 heavy (non-hydrogen) atoms. The van der Waals surface area contributed by atoms with Crippen molar-refractivity contribution in [3.05, 3.63) is 5.21 Å². The molecule has 0 radical (unpaired) electrons. The average Bonchev–Trinajstić information content (AvgIpc) is 2.47. The fraction of sp³-hybridized carbons (Fsp3) is 0.833. The van der Waals surface area contributed by atoms with Gasteiger partial charge in [-0.25, -0.2) is 4.79 Å². The molecule has 1 unspecified atom stereocenters. The number of hydrogen-bond donors (Lipinski definition) is 1. The van der Waals surface area contributed by atoms with Crippen molar-refractivity contribution in [1.82, 2.24) is 0 Å². The SMILES string of the molecule is O=C1CCCCC1.O=C1CCCCC[NH+]1[O-]. The summed E-state index contributed by atoms with van der Waals surface area (Å²) in [5.74, 6) is 0.304. The van der Waals surface area contributed by atoms with E-state index in [-0.39, 0.29) is 11.0 Å². The summed E-state index contributed by atoms with van der Waals surface area (Å²) in [5.41, 5.74) is 0. The normalized spacial score (nSPS) is 26.7. The van der Waals surface area contributed by atoms with Crippen molar-refractivity contribution in [3.8, 4) is 0 Å². The topological polar surface area (TPSA) is 61.6 Å². The lowest BCUT2D eigenvalue weighted by Crippen LogP contribution is -3.09. The van der Waals surface area contributed by atoms with Gasteiger partial charge in [-0.15, -0.1) is 0 Å². The molecule has 0 spiro atoms. The van der Waals surface area contributed by atoms with Crippen LogP contribution in [0, 0.1) is 5.21 Å². The molecule has 1 aliphatic carbocycles. The number of amides is 1. The van der Waals surface area contributed by atoms with Gasteiger partial charge < -0.3 is 10.3 Å². The number of ketones is 1. The van der Waals surface area contributed by atoms with Gasteiger partial charge in [0.1, 0.15) is 5.78 Å².